The van der Waals surface area contributed by atoms with E-state index >= 15 is 0 Å². The Balaban J connectivity index is 1.99. The third-order valence-electron chi connectivity index (χ3n) is 2.55. The molecule has 4 nitrogen and oxygen atoms in total. The molecule has 2 atom stereocenters. The van der Waals surface area contributed by atoms with Gasteiger partial charge in [-0.15, -0.1) is 0 Å². The highest BCUT2D eigenvalue weighted by Crippen LogP contribution is 2.27. The van der Waals surface area contributed by atoms with E-state index < -0.39 is 0 Å². The van der Waals surface area contributed by atoms with Gasteiger partial charge in [0.05, 0.1) is 6.20 Å². The van der Waals surface area contributed by atoms with Crippen molar-refractivity contribution in [1.29, 1.82) is 0 Å². The molecule has 1 aliphatic rings. The maximum Gasteiger partial charge on any atom is 0.223 e. The molecule has 0 radical (unpaired) electrons. The summed E-state index contributed by atoms with van der Waals surface area (Å²) in [4.78, 5) is 4.25. The molecule has 84 valence electrons. The molecule has 1 aromatic rings. The van der Waals surface area contributed by atoms with E-state index in [0.29, 0.717) is 5.89 Å². The standard InChI is InChI=1S/C11H18N2O2/c1-8(12)6-9-7-13-11(15-9)10-4-2-3-5-14-10/h7-8,10H,2-6,12H2,1H3. The first-order valence-corrected chi connectivity index (χ1v) is 5.57. The van der Waals surface area contributed by atoms with E-state index in [1.165, 1.54) is 6.42 Å². The first-order chi connectivity index (χ1) is 7.25. The van der Waals surface area contributed by atoms with Crippen molar-refractivity contribution < 1.29 is 9.15 Å². The monoisotopic (exact) mass is 210 g/mol. The summed E-state index contributed by atoms with van der Waals surface area (Å²) in [6.45, 7) is 2.77. The van der Waals surface area contributed by atoms with Crippen LogP contribution in [0, 0.1) is 0 Å². The zero-order chi connectivity index (χ0) is 10.7. The van der Waals surface area contributed by atoms with Crippen LogP contribution in [0.4, 0.5) is 0 Å². The molecular formula is C11H18N2O2. The second-order valence-corrected chi connectivity index (χ2v) is 4.20. The van der Waals surface area contributed by atoms with Crippen LogP contribution in [0.2, 0.25) is 0 Å². The lowest BCUT2D eigenvalue weighted by atomic mass is 10.1. The van der Waals surface area contributed by atoms with Gasteiger partial charge in [-0.2, -0.15) is 0 Å². The van der Waals surface area contributed by atoms with Crippen LogP contribution in [0.5, 0.6) is 0 Å². The first-order valence-electron chi connectivity index (χ1n) is 5.57. The molecule has 1 aromatic heterocycles. The SMILES string of the molecule is CC(N)Cc1cnc(C2CCCCO2)o1. The number of ether oxygens (including phenoxy) is 1. The van der Waals surface area contributed by atoms with Gasteiger partial charge in [0.2, 0.25) is 5.89 Å². The predicted molar refractivity (Wildman–Crippen MR) is 56.4 cm³/mol. The van der Waals surface area contributed by atoms with Gasteiger partial charge in [0.25, 0.3) is 0 Å². The molecule has 0 spiro atoms. The number of aromatic nitrogens is 1. The second-order valence-electron chi connectivity index (χ2n) is 4.20. The maximum absolute atomic E-state index is 5.69. The number of rotatable bonds is 3. The minimum atomic E-state index is 0.0561. The van der Waals surface area contributed by atoms with Crippen LogP contribution in [0.3, 0.4) is 0 Å². The van der Waals surface area contributed by atoms with Gasteiger partial charge < -0.3 is 14.9 Å². The van der Waals surface area contributed by atoms with Crippen LogP contribution in [0.1, 0.15) is 43.9 Å². The van der Waals surface area contributed by atoms with E-state index in [1.807, 2.05) is 6.92 Å². The van der Waals surface area contributed by atoms with Crippen molar-refractivity contribution in [3.05, 3.63) is 17.8 Å². The highest BCUT2D eigenvalue weighted by atomic mass is 16.5. The van der Waals surface area contributed by atoms with E-state index in [2.05, 4.69) is 4.98 Å². The van der Waals surface area contributed by atoms with Gasteiger partial charge in [-0.05, 0) is 26.2 Å². The van der Waals surface area contributed by atoms with Crippen LogP contribution in [-0.2, 0) is 11.2 Å². The van der Waals surface area contributed by atoms with Crippen molar-refractivity contribution in [1.82, 2.24) is 4.98 Å². The molecule has 15 heavy (non-hydrogen) atoms. The second kappa shape index (κ2) is 4.77. The van der Waals surface area contributed by atoms with E-state index in [9.17, 15) is 0 Å². The Morgan fingerprint density at radius 3 is 3.13 bits per heavy atom. The van der Waals surface area contributed by atoms with E-state index in [4.69, 9.17) is 14.9 Å². The van der Waals surface area contributed by atoms with Gasteiger partial charge in [0.15, 0.2) is 0 Å². The van der Waals surface area contributed by atoms with Crippen molar-refractivity contribution in [2.45, 2.75) is 44.8 Å². The summed E-state index contributed by atoms with van der Waals surface area (Å²) >= 11 is 0. The summed E-state index contributed by atoms with van der Waals surface area (Å²) in [5.41, 5.74) is 5.69. The van der Waals surface area contributed by atoms with Crippen LogP contribution in [0.15, 0.2) is 10.6 Å². The molecule has 0 saturated carbocycles. The smallest absolute Gasteiger partial charge is 0.223 e. The Morgan fingerprint density at radius 2 is 2.47 bits per heavy atom. The summed E-state index contributed by atoms with van der Waals surface area (Å²) in [5.74, 6) is 1.57. The van der Waals surface area contributed by atoms with Gasteiger partial charge in [-0.1, -0.05) is 0 Å². The fourth-order valence-corrected chi connectivity index (χ4v) is 1.82. The zero-order valence-electron chi connectivity index (χ0n) is 9.11. The fourth-order valence-electron chi connectivity index (χ4n) is 1.82. The van der Waals surface area contributed by atoms with Crippen molar-refractivity contribution in [3.8, 4) is 0 Å². The lowest BCUT2D eigenvalue weighted by Crippen LogP contribution is -2.17. The Bertz CT molecular complexity index is 303. The molecule has 2 heterocycles. The lowest BCUT2D eigenvalue weighted by Gasteiger charge is -2.19. The average Bonchev–Trinajstić information content (AvgIpc) is 2.67. The lowest BCUT2D eigenvalue weighted by molar-refractivity contribution is -0.00206. The molecule has 1 aliphatic heterocycles. The van der Waals surface area contributed by atoms with Crippen molar-refractivity contribution in [2.75, 3.05) is 6.61 Å². The summed E-state index contributed by atoms with van der Waals surface area (Å²) in [6, 6.07) is 0.109. The topological polar surface area (TPSA) is 61.3 Å². The normalized spacial score (nSPS) is 24.0. The molecule has 2 rings (SSSR count). The van der Waals surface area contributed by atoms with E-state index in [1.54, 1.807) is 6.20 Å². The Labute approximate surface area is 89.8 Å². The molecule has 1 saturated heterocycles. The Kier molecular flexibility index (Phi) is 3.38. The quantitative estimate of drug-likeness (QED) is 0.826. The zero-order valence-corrected chi connectivity index (χ0v) is 9.11. The number of nitrogens with zero attached hydrogens (tertiary/aromatic N) is 1. The van der Waals surface area contributed by atoms with E-state index in [0.717, 1.165) is 31.6 Å². The van der Waals surface area contributed by atoms with E-state index in [-0.39, 0.29) is 12.1 Å². The highest BCUT2D eigenvalue weighted by molar-refractivity contribution is 4.98. The molecule has 2 unspecified atom stereocenters. The van der Waals surface area contributed by atoms with Crippen LogP contribution in [-0.4, -0.2) is 17.6 Å². The predicted octanol–water partition coefficient (Wildman–Crippen LogP) is 1.81. The summed E-state index contributed by atoms with van der Waals surface area (Å²) in [5, 5.41) is 0. The van der Waals surface area contributed by atoms with Crippen molar-refractivity contribution >= 4 is 0 Å². The minimum absolute atomic E-state index is 0.0561. The minimum Gasteiger partial charge on any atom is -0.443 e. The van der Waals surface area contributed by atoms with Gasteiger partial charge in [-0.3, -0.25) is 0 Å². The molecule has 0 bridgehead atoms. The third-order valence-corrected chi connectivity index (χ3v) is 2.55. The molecule has 0 aromatic carbocycles. The molecule has 0 aliphatic carbocycles. The highest BCUT2D eigenvalue weighted by Gasteiger charge is 2.21. The first kappa shape index (κ1) is 10.6. The van der Waals surface area contributed by atoms with Crippen LogP contribution in [0.25, 0.3) is 0 Å². The Hall–Kier alpha value is -0.870. The van der Waals surface area contributed by atoms with Gasteiger partial charge >= 0.3 is 0 Å². The molecule has 0 amide bonds. The van der Waals surface area contributed by atoms with Gasteiger partial charge in [0, 0.05) is 19.1 Å². The average molecular weight is 210 g/mol. The maximum atomic E-state index is 5.69. The van der Waals surface area contributed by atoms with Crippen molar-refractivity contribution in [3.63, 3.8) is 0 Å². The van der Waals surface area contributed by atoms with Crippen LogP contribution < -0.4 is 5.73 Å². The summed E-state index contributed by atoms with van der Waals surface area (Å²) in [6.07, 6.45) is 5.90. The third kappa shape index (κ3) is 2.79. The number of hydrogen-bond donors (Lipinski definition) is 1. The number of oxazole rings is 1. The number of nitrogens with two attached hydrogens (primary N) is 1. The molecule has 2 N–H and O–H groups in total. The molecule has 4 heteroatoms. The fraction of sp³-hybridized carbons (Fsp3) is 0.727. The van der Waals surface area contributed by atoms with Gasteiger partial charge in [0.1, 0.15) is 11.9 Å². The summed E-state index contributed by atoms with van der Waals surface area (Å²) in [7, 11) is 0. The largest absolute Gasteiger partial charge is 0.443 e. The molecular weight excluding hydrogens is 192 g/mol. The summed E-state index contributed by atoms with van der Waals surface area (Å²) < 4.78 is 11.2. The van der Waals surface area contributed by atoms with Crippen molar-refractivity contribution in [2.24, 2.45) is 5.73 Å². The van der Waals surface area contributed by atoms with Crippen LogP contribution >= 0.6 is 0 Å². The molecule has 1 fully saturated rings. The number of hydrogen-bond acceptors (Lipinski definition) is 4. The van der Waals surface area contributed by atoms with Gasteiger partial charge in [-0.25, -0.2) is 4.98 Å². The Morgan fingerprint density at radius 1 is 1.60 bits per heavy atom.